The van der Waals surface area contributed by atoms with Crippen molar-refractivity contribution >= 4 is 5.91 Å². The van der Waals surface area contributed by atoms with Crippen LogP contribution in [0, 0.1) is 0 Å². The SMILES string of the molecule is COc1cccc(OCc2ccc(C(=O)NCCc3ccccc3OC)cc2)c1. The van der Waals surface area contributed by atoms with Crippen molar-refractivity contribution in [1.82, 2.24) is 5.32 Å². The van der Waals surface area contributed by atoms with E-state index in [2.05, 4.69) is 5.32 Å². The smallest absolute Gasteiger partial charge is 0.251 e. The largest absolute Gasteiger partial charge is 0.497 e. The van der Waals surface area contributed by atoms with Gasteiger partial charge >= 0.3 is 0 Å². The van der Waals surface area contributed by atoms with Gasteiger partial charge in [-0.25, -0.2) is 0 Å². The molecule has 0 spiro atoms. The number of para-hydroxylation sites is 1. The predicted molar refractivity (Wildman–Crippen MR) is 113 cm³/mol. The van der Waals surface area contributed by atoms with Crippen molar-refractivity contribution in [3.63, 3.8) is 0 Å². The molecule has 0 heterocycles. The summed E-state index contributed by atoms with van der Waals surface area (Å²) in [6, 6.07) is 22.7. The van der Waals surface area contributed by atoms with Crippen molar-refractivity contribution in [1.29, 1.82) is 0 Å². The highest BCUT2D eigenvalue weighted by Crippen LogP contribution is 2.20. The summed E-state index contributed by atoms with van der Waals surface area (Å²) in [6.45, 7) is 0.961. The summed E-state index contributed by atoms with van der Waals surface area (Å²) in [7, 11) is 3.27. The Morgan fingerprint density at radius 2 is 1.62 bits per heavy atom. The first-order chi connectivity index (χ1) is 14.2. The number of hydrogen-bond donors (Lipinski definition) is 1. The van der Waals surface area contributed by atoms with Gasteiger partial charge in [0.1, 0.15) is 23.9 Å². The van der Waals surface area contributed by atoms with Crippen LogP contribution < -0.4 is 19.5 Å². The Morgan fingerprint density at radius 1 is 0.862 bits per heavy atom. The van der Waals surface area contributed by atoms with Gasteiger partial charge in [0.25, 0.3) is 5.91 Å². The second-order valence-corrected chi connectivity index (χ2v) is 6.48. The molecule has 5 heteroatoms. The highest BCUT2D eigenvalue weighted by atomic mass is 16.5. The lowest BCUT2D eigenvalue weighted by atomic mass is 10.1. The van der Waals surface area contributed by atoms with E-state index >= 15 is 0 Å². The van der Waals surface area contributed by atoms with E-state index in [0.717, 1.165) is 28.4 Å². The van der Waals surface area contributed by atoms with E-state index in [1.54, 1.807) is 14.2 Å². The molecule has 5 nitrogen and oxygen atoms in total. The lowest BCUT2D eigenvalue weighted by Gasteiger charge is -2.10. The molecule has 0 aliphatic rings. The summed E-state index contributed by atoms with van der Waals surface area (Å²) in [5.74, 6) is 2.23. The van der Waals surface area contributed by atoms with E-state index in [4.69, 9.17) is 14.2 Å². The Balaban J connectivity index is 1.49. The van der Waals surface area contributed by atoms with Crippen molar-refractivity contribution in [3.05, 3.63) is 89.5 Å². The lowest BCUT2D eigenvalue weighted by Crippen LogP contribution is -2.25. The monoisotopic (exact) mass is 391 g/mol. The van der Waals surface area contributed by atoms with Gasteiger partial charge in [0.2, 0.25) is 0 Å². The fourth-order valence-corrected chi connectivity index (χ4v) is 2.93. The van der Waals surface area contributed by atoms with Crippen LogP contribution in [0.25, 0.3) is 0 Å². The fraction of sp³-hybridized carbons (Fsp3) is 0.208. The van der Waals surface area contributed by atoms with Gasteiger partial charge in [-0.1, -0.05) is 36.4 Å². The maximum Gasteiger partial charge on any atom is 0.251 e. The van der Waals surface area contributed by atoms with E-state index in [1.807, 2.05) is 72.8 Å². The van der Waals surface area contributed by atoms with E-state index < -0.39 is 0 Å². The molecule has 0 aliphatic carbocycles. The number of methoxy groups -OCH3 is 2. The summed E-state index contributed by atoms with van der Waals surface area (Å²) in [6.07, 6.45) is 0.711. The lowest BCUT2D eigenvalue weighted by molar-refractivity contribution is 0.0954. The molecular weight excluding hydrogens is 366 g/mol. The van der Waals surface area contributed by atoms with Crippen LogP contribution in [-0.2, 0) is 13.0 Å². The minimum absolute atomic E-state index is 0.0971. The van der Waals surface area contributed by atoms with Gasteiger partial charge in [-0.3, -0.25) is 4.79 Å². The number of carbonyl (C=O) groups excluding carboxylic acids is 1. The third kappa shape index (κ3) is 5.75. The van der Waals surface area contributed by atoms with Crippen LogP contribution in [0.1, 0.15) is 21.5 Å². The van der Waals surface area contributed by atoms with Crippen molar-refractivity contribution in [2.45, 2.75) is 13.0 Å². The molecule has 0 saturated heterocycles. The van der Waals surface area contributed by atoms with E-state index in [-0.39, 0.29) is 5.91 Å². The summed E-state index contributed by atoms with van der Waals surface area (Å²) in [5, 5.41) is 2.95. The third-order valence-electron chi connectivity index (χ3n) is 4.54. The Morgan fingerprint density at radius 3 is 2.38 bits per heavy atom. The summed E-state index contributed by atoms with van der Waals surface area (Å²) >= 11 is 0. The van der Waals surface area contributed by atoms with Gasteiger partial charge < -0.3 is 19.5 Å². The molecule has 150 valence electrons. The molecule has 1 amide bonds. The van der Waals surface area contributed by atoms with Crippen LogP contribution in [-0.4, -0.2) is 26.7 Å². The minimum atomic E-state index is -0.0971. The second-order valence-electron chi connectivity index (χ2n) is 6.48. The van der Waals surface area contributed by atoms with Crippen molar-refractivity contribution in [2.75, 3.05) is 20.8 Å². The number of nitrogens with one attached hydrogen (secondary N) is 1. The maximum atomic E-state index is 12.4. The van der Waals surface area contributed by atoms with Gasteiger partial charge in [0.15, 0.2) is 0 Å². The molecule has 0 aromatic heterocycles. The minimum Gasteiger partial charge on any atom is -0.497 e. The average Bonchev–Trinajstić information content (AvgIpc) is 2.78. The first kappa shape index (κ1) is 20.3. The molecule has 0 unspecified atom stereocenters. The molecule has 0 saturated carbocycles. The molecule has 1 N–H and O–H groups in total. The van der Waals surface area contributed by atoms with Crippen LogP contribution in [0.5, 0.6) is 17.2 Å². The zero-order valence-corrected chi connectivity index (χ0v) is 16.7. The molecule has 3 rings (SSSR count). The van der Waals surface area contributed by atoms with Crippen LogP contribution in [0.3, 0.4) is 0 Å². The second kappa shape index (κ2) is 10.2. The molecule has 0 aliphatic heterocycles. The van der Waals surface area contributed by atoms with Crippen molar-refractivity contribution in [3.8, 4) is 17.2 Å². The number of amides is 1. The normalized spacial score (nSPS) is 10.3. The Hall–Kier alpha value is -3.47. The quantitative estimate of drug-likeness (QED) is 0.592. The molecule has 3 aromatic carbocycles. The Bertz CT molecular complexity index is 938. The molecule has 3 aromatic rings. The van der Waals surface area contributed by atoms with Gasteiger partial charge in [-0.2, -0.15) is 0 Å². The molecule has 0 atom stereocenters. The van der Waals surface area contributed by atoms with Crippen LogP contribution >= 0.6 is 0 Å². The number of benzene rings is 3. The molecule has 29 heavy (non-hydrogen) atoms. The third-order valence-corrected chi connectivity index (χ3v) is 4.54. The zero-order chi connectivity index (χ0) is 20.5. The molecule has 0 fully saturated rings. The van der Waals surface area contributed by atoms with Gasteiger partial charge in [0, 0.05) is 18.2 Å². The van der Waals surface area contributed by atoms with Gasteiger partial charge in [-0.05, 0) is 47.9 Å². The Labute approximate surface area is 171 Å². The van der Waals surface area contributed by atoms with Crippen LogP contribution in [0.15, 0.2) is 72.8 Å². The zero-order valence-electron chi connectivity index (χ0n) is 16.7. The van der Waals surface area contributed by atoms with E-state index in [1.165, 1.54) is 0 Å². The first-order valence-corrected chi connectivity index (χ1v) is 9.45. The summed E-state index contributed by atoms with van der Waals surface area (Å²) in [5.41, 5.74) is 2.67. The van der Waals surface area contributed by atoms with Crippen molar-refractivity contribution in [2.24, 2.45) is 0 Å². The first-order valence-electron chi connectivity index (χ1n) is 9.45. The summed E-state index contributed by atoms with van der Waals surface area (Å²) in [4.78, 5) is 12.4. The average molecular weight is 391 g/mol. The predicted octanol–water partition coefficient (Wildman–Crippen LogP) is 4.26. The number of hydrogen-bond acceptors (Lipinski definition) is 4. The topological polar surface area (TPSA) is 56.8 Å². The highest BCUT2D eigenvalue weighted by Gasteiger charge is 2.07. The summed E-state index contributed by atoms with van der Waals surface area (Å²) < 4.78 is 16.3. The molecular formula is C24H25NO4. The Kier molecular flexibility index (Phi) is 7.11. The number of ether oxygens (including phenoxy) is 3. The van der Waals surface area contributed by atoms with E-state index in [9.17, 15) is 4.79 Å². The van der Waals surface area contributed by atoms with Crippen LogP contribution in [0.2, 0.25) is 0 Å². The number of carbonyl (C=O) groups is 1. The highest BCUT2D eigenvalue weighted by molar-refractivity contribution is 5.94. The molecule has 0 bridgehead atoms. The van der Waals surface area contributed by atoms with Gasteiger partial charge in [-0.15, -0.1) is 0 Å². The maximum absolute atomic E-state index is 12.4. The molecule has 0 radical (unpaired) electrons. The van der Waals surface area contributed by atoms with Crippen molar-refractivity contribution < 1.29 is 19.0 Å². The fourth-order valence-electron chi connectivity index (χ4n) is 2.93. The number of rotatable bonds is 9. The van der Waals surface area contributed by atoms with E-state index in [0.29, 0.717) is 25.1 Å². The van der Waals surface area contributed by atoms with Gasteiger partial charge in [0.05, 0.1) is 14.2 Å². The standard InChI is InChI=1S/C24H25NO4/c1-27-21-7-5-8-22(16-21)29-17-18-10-12-20(13-11-18)24(26)25-15-14-19-6-3-4-9-23(19)28-2/h3-13,16H,14-15,17H2,1-2H3,(H,25,26). The van der Waals surface area contributed by atoms with Crippen LogP contribution in [0.4, 0.5) is 0 Å².